The average Bonchev–Trinajstić information content (AvgIpc) is 2.65. The Balaban J connectivity index is 1.79. The summed E-state index contributed by atoms with van der Waals surface area (Å²) in [5.74, 6) is 1.52. The van der Waals surface area contributed by atoms with Gasteiger partial charge in [-0.15, -0.1) is 0 Å². The van der Waals surface area contributed by atoms with Gasteiger partial charge in [0.2, 0.25) is 11.8 Å². The van der Waals surface area contributed by atoms with Crippen molar-refractivity contribution in [2.45, 2.75) is 45.1 Å². The minimum Gasteiger partial charge on any atom is -0.383 e. The molecule has 8 nitrogen and oxygen atoms in total. The molecule has 148 valence electrons. The highest BCUT2D eigenvalue weighted by Crippen LogP contribution is 2.33. The van der Waals surface area contributed by atoms with Gasteiger partial charge in [-0.05, 0) is 32.7 Å². The fourth-order valence-electron chi connectivity index (χ4n) is 3.84. The highest BCUT2D eigenvalue weighted by molar-refractivity contribution is 5.94. The van der Waals surface area contributed by atoms with Crippen molar-refractivity contribution in [3.8, 4) is 0 Å². The molecule has 0 aliphatic carbocycles. The molecule has 0 bridgehead atoms. The molecular formula is C19H29N5O3. The highest BCUT2D eigenvalue weighted by Gasteiger charge is 2.31. The first-order chi connectivity index (χ1) is 13.0. The van der Waals surface area contributed by atoms with Crippen molar-refractivity contribution in [1.29, 1.82) is 0 Å². The number of aryl methyl sites for hydroxylation is 1. The molecule has 1 aromatic rings. The summed E-state index contributed by atoms with van der Waals surface area (Å²) in [6.07, 6.45) is 4.26. The number of fused-ring (bicyclic) bond motifs is 1. The second-order valence-electron chi connectivity index (χ2n) is 7.25. The third-order valence-electron chi connectivity index (χ3n) is 5.38. The molecule has 27 heavy (non-hydrogen) atoms. The van der Waals surface area contributed by atoms with E-state index in [0.29, 0.717) is 32.5 Å². The van der Waals surface area contributed by atoms with E-state index in [2.05, 4.69) is 10.2 Å². The second-order valence-corrected chi connectivity index (χ2v) is 7.25. The average molecular weight is 375 g/mol. The zero-order chi connectivity index (χ0) is 19.4. The summed E-state index contributed by atoms with van der Waals surface area (Å²) in [6, 6.07) is 0.00125. The first-order valence-corrected chi connectivity index (χ1v) is 9.65. The van der Waals surface area contributed by atoms with Gasteiger partial charge in [0.05, 0.1) is 19.2 Å². The number of ether oxygens (including phenoxy) is 1. The van der Waals surface area contributed by atoms with E-state index in [-0.39, 0.29) is 17.9 Å². The number of aromatic nitrogens is 2. The number of nitrogens with zero attached hydrogens (tertiary/aromatic N) is 4. The maximum Gasteiger partial charge on any atom is 0.234 e. The minimum atomic E-state index is -0.0130. The molecule has 3 heterocycles. The number of nitrogens with one attached hydrogen (secondary N) is 1. The number of anilines is 1. The Morgan fingerprint density at radius 3 is 2.89 bits per heavy atom. The second kappa shape index (κ2) is 8.75. The first kappa shape index (κ1) is 19.7. The van der Waals surface area contributed by atoms with Gasteiger partial charge in [0.1, 0.15) is 11.6 Å². The van der Waals surface area contributed by atoms with Crippen molar-refractivity contribution >= 4 is 17.6 Å². The predicted molar refractivity (Wildman–Crippen MR) is 102 cm³/mol. The first-order valence-electron chi connectivity index (χ1n) is 9.65. The lowest BCUT2D eigenvalue weighted by atomic mass is 9.99. The number of methoxy groups -OCH3 is 1. The van der Waals surface area contributed by atoms with Crippen LogP contribution in [0.3, 0.4) is 0 Å². The van der Waals surface area contributed by atoms with E-state index in [4.69, 9.17) is 14.7 Å². The van der Waals surface area contributed by atoms with E-state index in [9.17, 15) is 9.59 Å². The van der Waals surface area contributed by atoms with E-state index in [1.54, 1.807) is 19.1 Å². The van der Waals surface area contributed by atoms with Gasteiger partial charge in [-0.25, -0.2) is 9.97 Å². The molecule has 1 fully saturated rings. The van der Waals surface area contributed by atoms with Crippen LogP contribution in [0.15, 0.2) is 0 Å². The standard InChI is InChI=1S/C19H29N5O3/c1-13-14-7-8-17(26)23(2)19(14)22-18(21-13)15-6-4-5-10-24(15)12-16(25)20-9-11-27-3/h15H,4-12H2,1-3H3,(H,20,25)/t15-/m0/s1. The summed E-state index contributed by atoms with van der Waals surface area (Å²) < 4.78 is 4.98. The summed E-state index contributed by atoms with van der Waals surface area (Å²) in [5.41, 5.74) is 1.99. The van der Waals surface area contributed by atoms with E-state index in [1.165, 1.54) is 0 Å². The zero-order valence-corrected chi connectivity index (χ0v) is 16.5. The number of amides is 2. The van der Waals surface area contributed by atoms with Gasteiger partial charge >= 0.3 is 0 Å². The Hall–Kier alpha value is -2.06. The molecule has 0 spiro atoms. The largest absolute Gasteiger partial charge is 0.383 e. The molecular weight excluding hydrogens is 346 g/mol. The minimum absolute atomic E-state index is 0.00125. The van der Waals surface area contributed by atoms with Crippen LogP contribution in [-0.2, 0) is 20.7 Å². The van der Waals surface area contributed by atoms with E-state index < -0.39 is 0 Å². The summed E-state index contributed by atoms with van der Waals surface area (Å²) >= 11 is 0. The number of rotatable bonds is 6. The number of hydrogen-bond donors (Lipinski definition) is 1. The highest BCUT2D eigenvalue weighted by atomic mass is 16.5. The molecule has 2 aliphatic heterocycles. The Labute approximate surface area is 160 Å². The van der Waals surface area contributed by atoms with Crippen LogP contribution in [0.4, 0.5) is 5.82 Å². The molecule has 1 atom stereocenters. The summed E-state index contributed by atoms with van der Waals surface area (Å²) in [7, 11) is 3.39. The van der Waals surface area contributed by atoms with Crippen molar-refractivity contribution < 1.29 is 14.3 Å². The smallest absolute Gasteiger partial charge is 0.234 e. The maximum atomic E-state index is 12.3. The molecule has 1 N–H and O–H groups in total. The monoisotopic (exact) mass is 375 g/mol. The zero-order valence-electron chi connectivity index (χ0n) is 16.5. The van der Waals surface area contributed by atoms with Crippen LogP contribution in [0.5, 0.6) is 0 Å². The lowest BCUT2D eigenvalue weighted by molar-refractivity contribution is -0.123. The van der Waals surface area contributed by atoms with Crippen LogP contribution in [-0.4, -0.2) is 67.1 Å². The van der Waals surface area contributed by atoms with Crippen LogP contribution in [0.2, 0.25) is 0 Å². The van der Waals surface area contributed by atoms with E-state index >= 15 is 0 Å². The van der Waals surface area contributed by atoms with Crippen LogP contribution < -0.4 is 10.2 Å². The molecule has 1 saturated heterocycles. The van der Waals surface area contributed by atoms with Gasteiger partial charge in [-0.1, -0.05) is 6.42 Å². The number of carbonyl (C=O) groups is 2. The number of likely N-dealkylation sites (tertiary alicyclic amines) is 1. The maximum absolute atomic E-state index is 12.3. The Morgan fingerprint density at radius 1 is 1.30 bits per heavy atom. The molecule has 8 heteroatoms. The van der Waals surface area contributed by atoms with Gasteiger partial charge in [0, 0.05) is 38.4 Å². The molecule has 2 amide bonds. The Bertz CT molecular complexity index is 709. The SMILES string of the molecule is COCCNC(=O)CN1CCCC[C@H]1c1nc(C)c2c(n1)N(C)C(=O)CC2. The molecule has 0 aromatic carbocycles. The van der Waals surface area contributed by atoms with E-state index in [0.717, 1.165) is 48.7 Å². The van der Waals surface area contributed by atoms with Gasteiger partial charge < -0.3 is 10.1 Å². The summed E-state index contributed by atoms with van der Waals surface area (Å²) in [6.45, 7) is 4.16. The number of piperidine rings is 1. The van der Waals surface area contributed by atoms with Gasteiger partial charge in [-0.2, -0.15) is 0 Å². The van der Waals surface area contributed by atoms with Crippen LogP contribution >= 0.6 is 0 Å². The molecule has 1 aromatic heterocycles. The Morgan fingerprint density at radius 2 is 2.11 bits per heavy atom. The van der Waals surface area contributed by atoms with Crippen LogP contribution in [0.25, 0.3) is 0 Å². The van der Waals surface area contributed by atoms with E-state index in [1.807, 2.05) is 6.92 Å². The topological polar surface area (TPSA) is 87.7 Å². The summed E-state index contributed by atoms with van der Waals surface area (Å²) in [4.78, 5) is 37.7. The van der Waals surface area contributed by atoms with Gasteiger partial charge in [-0.3, -0.25) is 19.4 Å². The molecule has 0 radical (unpaired) electrons. The predicted octanol–water partition coefficient (Wildman–Crippen LogP) is 0.984. The van der Waals surface area contributed by atoms with Crippen LogP contribution in [0.1, 0.15) is 48.8 Å². The lowest BCUT2D eigenvalue weighted by Crippen LogP contribution is -2.43. The molecule has 0 saturated carbocycles. The van der Waals surface area contributed by atoms with Crippen molar-refractivity contribution in [3.05, 3.63) is 17.1 Å². The molecule has 2 aliphatic rings. The van der Waals surface area contributed by atoms with Crippen molar-refractivity contribution in [2.24, 2.45) is 0 Å². The fourth-order valence-corrected chi connectivity index (χ4v) is 3.84. The third-order valence-corrected chi connectivity index (χ3v) is 5.38. The fraction of sp³-hybridized carbons (Fsp3) is 0.684. The van der Waals surface area contributed by atoms with Gasteiger partial charge in [0.15, 0.2) is 0 Å². The number of hydrogen-bond acceptors (Lipinski definition) is 6. The van der Waals surface area contributed by atoms with Crippen molar-refractivity contribution in [2.75, 3.05) is 45.3 Å². The normalized spacial score (nSPS) is 20.5. The number of carbonyl (C=O) groups excluding carboxylic acids is 2. The lowest BCUT2D eigenvalue weighted by Gasteiger charge is -2.35. The van der Waals surface area contributed by atoms with Crippen LogP contribution in [0, 0.1) is 6.92 Å². The van der Waals surface area contributed by atoms with Crippen molar-refractivity contribution in [1.82, 2.24) is 20.2 Å². The summed E-state index contributed by atoms with van der Waals surface area (Å²) in [5, 5.41) is 2.88. The van der Waals surface area contributed by atoms with Crippen molar-refractivity contribution in [3.63, 3.8) is 0 Å². The molecule has 0 unspecified atom stereocenters. The third kappa shape index (κ3) is 4.44. The Kier molecular flexibility index (Phi) is 6.38. The molecule has 3 rings (SSSR count). The quantitative estimate of drug-likeness (QED) is 0.746. The van der Waals surface area contributed by atoms with Gasteiger partial charge in [0.25, 0.3) is 0 Å².